The first-order valence-corrected chi connectivity index (χ1v) is 3.99. The average molecular weight is 194 g/mol. The monoisotopic (exact) mass is 194 g/mol. The van der Waals surface area contributed by atoms with E-state index < -0.39 is 10.8 Å². The Labute approximate surface area is 80.7 Å². The quantitative estimate of drug-likeness (QED) is 0.568. The number of rotatable bonds is 2. The lowest BCUT2D eigenvalue weighted by Crippen LogP contribution is -2.13. The summed E-state index contributed by atoms with van der Waals surface area (Å²) in [5.41, 5.74) is 6.37. The highest BCUT2D eigenvalue weighted by molar-refractivity contribution is 5.95. The van der Waals surface area contributed by atoms with Crippen LogP contribution in [0.5, 0.6) is 0 Å². The molecule has 0 radical (unpaired) electrons. The summed E-state index contributed by atoms with van der Waals surface area (Å²) in [7, 11) is 0. The predicted octanol–water partition coefficient (Wildman–Crippen LogP) is 1.31. The van der Waals surface area contributed by atoms with Gasteiger partial charge in [0.25, 0.3) is 5.69 Å². The van der Waals surface area contributed by atoms with Gasteiger partial charge in [0, 0.05) is 17.2 Å². The largest absolute Gasteiger partial charge is 0.366 e. The zero-order valence-corrected chi connectivity index (χ0v) is 7.90. The third-order valence-corrected chi connectivity index (χ3v) is 2.01. The average Bonchev–Trinajstić information content (AvgIpc) is 2.02. The Balaban J connectivity index is 3.42. The van der Waals surface area contributed by atoms with E-state index in [1.807, 2.05) is 0 Å². The number of primary amides is 1. The molecule has 14 heavy (non-hydrogen) atoms. The minimum atomic E-state index is -0.648. The van der Waals surface area contributed by atoms with Crippen molar-refractivity contribution in [1.82, 2.24) is 0 Å². The second kappa shape index (κ2) is 3.45. The van der Waals surface area contributed by atoms with Gasteiger partial charge in [0.15, 0.2) is 0 Å². The van der Waals surface area contributed by atoms with Crippen molar-refractivity contribution in [3.63, 3.8) is 0 Å². The number of hydrogen-bond donors (Lipinski definition) is 1. The summed E-state index contributed by atoms with van der Waals surface area (Å²) in [6.07, 6.45) is 0. The molecule has 0 bridgehead atoms. The number of hydrogen-bond acceptors (Lipinski definition) is 3. The van der Waals surface area contributed by atoms with Crippen molar-refractivity contribution >= 4 is 11.6 Å². The molecule has 1 aromatic rings. The van der Waals surface area contributed by atoms with Gasteiger partial charge in [-0.3, -0.25) is 14.9 Å². The van der Waals surface area contributed by atoms with Crippen molar-refractivity contribution in [3.05, 3.63) is 38.9 Å². The summed E-state index contributed by atoms with van der Waals surface area (Å²) in [6.45, 7) is 3.31. The molecule has 5 heteroatoms. The molecule has 0 aliphatic heterocycles. The van der Waals surface area contributed by atoms with Gasteiger partial charge < -0.3 is 5.73 Å². The van der Waals surface area contributed by atoms with E-state index in [2.05, 4.69) is 0 Å². The van der Waals surface area contributed by atoms with Gasteiger partial charge in [-0.1, -0.05) is 0 Å². The Kier molecular flexibility index (Phi) is 2.51. The number of nitro benzene ring substituents is 1. The molecule has 0 saturated carbocycles. The zero-order chi connectivity index (χ0) is 10.9. The second-order valence-electron chi connectivity index (χ2n) is 3.07. The van der Waals surface area contributed by atoms with Gasteiger partial charge in [0.05, 0.1) is 4.92 Å². The van der Waals surface area contributed by atoms with Crippen LogP contribution in [0.4, 0.5) is 5.69 Å². The smallest absolute Gasteiger partial charge is 0.273 e. The molecule has 1 rings (SSSR count). The maximum atomic E-state index is 10.9. The fourth-order valence-corrected chi connectivity index (χ4v) is 1.30. The lowest BCUT2D eigenvalue weighted by Gasteiger charge is -2.03. The maximum absolute atomic E-state index is 10.9. The van der Waals surface area contributed by atoms with Gasteiger partial charge in [-0.05, 0) is 25.5 Å². The number of nitro groups is 1. The third kappa shape index (κ3) is 1.71. The Morgan fingerprint density at radius 1 is 1.36 bits per heavy atom. The molecule has 74 valence electrons. The van der Waals surface area contributed by atoms with Crippen molar-refractivity contribution in [2.24, 2.45) is 5.73 Å². The molecule has 1 amide bonds. The van der Waals surface area contributed by atoms with Crippen molar-refractivity contribution in [2.75, 3.05) is 0 Å². The minimum Gasteiger partial charge on any atom is -0.366 e. The number of nitrogens with two attached hydrogens (primary N) is 1. The molecular weight excluding hydrogens is 184 g/mol. The highest BCUT2D eigenvalue weighted by Crippen LogP contribution is 2.22. The van der Waals surface area contributed by atoms with E-state index in [9.17, 15) is 14.9 Å². The molecule has 1 aromatic carbocycles. The number of nitrogens with zero attached hydrogens (tertiary/aromatic N) is 1. The molecule has 0 spiro atoms. The highest BCUT2D eigenvalue weighted by atomic mass is 16.6. The molecule has 0 aromatic heterocycles. The van der Waals surface area contributed by atoms with Crippen LogP contribution in [-0.4, -0.2) is 10.8 Å². The first-order chi connectivity index (χ1) is 6.43. The molecule has 0 unspecified atom stereocenters. The van der Waals surface area contributed by atoms with E-state index in [1.165, 1.54) is 6.07 Å². The SMILES string of the molecule is Cc1cc(C)c([N+](=O)[O-])cc1C(N)=O. The van der Waals surface area contributed by atoms with Crippen molar-refractivity contribution in [2.45, 2.75) is 13.8 Å². The lowest BCUT2D eigenvalue weighted by molar-refractivity contribution is -0.385. The summed E-state index contributed by atoms with van der Waals surface area (Å²) in [5.74, 6) is -0.648. The Hall–Kier alpha value is -1.91. The standard InChI is InChI=1S/C9H10N2O3/c1-5-3-6(2)8(11(13)14)4-7(5)9(10)12/h3-4H,1-2H3,(H2,10,12). The molecule has 0 saturated heterocycles. The number of carbonyl (C=O) groups is 1. The number of benzene rings is 1. The topological polar surface area (TPSA) is 86.2 Å². The zero-order valence-electron chi connectivity index (χ0n) is 7.90. The minimum absolute atomic E-state index is 0.0793. The molecule has 0 aliphatic carbocycles. The highest BCUT2D eigenvalue weighted by Gasteiger charge is 2.15. The molecule has 5 nitrogen and oxygen atoms in total. The Bertz CT molecular complexity index is 378. The van der Waals surface area contributed by atoms with Crippen LogP contribution in [0.1, 0.15) is 21.5 Å². The Morgan fingerprint density at radius 2 is 1.93 bits per heavy atom. The van der Waals surface area contributed by atoms with Crippen LogP contribution in [0.3, 0.4) is 0 Å². The number of carbonyl (C=O) groups excluding carboxylic acids is 1. The second-order valence-corrected chi connectivity index (χ2v) is 3.07. The van der Waals surface area contributed by atoms with Gasteiger partial charge in [-0.25, -0.2) is 0 Å². The van der Waals surface area contributed by atoms with E-state index in [1.54, 1.807) is 19.9 Å². The van der Waals surface area contributed by atoms with Crippen LogP contribution in [-0.2, 0) is 0 Å². The van der Waals surface area contributed by atoms with E-state index in [4.69, 9.17) is 5.73 Å². The summed E-state index contributed by atoms with van der Waals surface area (Å²) in [4.78, 5) is 20.9. The molecule has 2 N–H and O–H groups in total. The van der Waals surface area contributed by atoms with E-state index in [-0.39, 0.29) is 11.3 Å². The van der Waals surface area contributed by atoms with Crippen LogP contribution in [0, 0.1) is 24.0 Å². The van der Waals surface area contributed by atoms with E-state index in [0.29, 0.717) is 11.1 Å². The lowest BCUT2D eigenvalue weighted by atomic mass is 10.0. The number of amides is 1. The van der Waals surface area contributed by atoms with Crippen molar-refractivity contribution < 1.29 is 9.72 Å². The molecular formula is C9H10N2O3. The van der Waals surface area contributed by atoms with Crippen LogP contribution < -0.4 is 5.73 Å². The predicted molar refractivity (Wildman–Crippen MR) is 51.1 cm³/mol. The molecule has 0 fully saturated rings. The van der Waals surface area contributed by atoms with Gasteiger partial charge in [0.1, 0.15) is 0 Å². The van der Waals surface area contributed by atoms with Gasteiger partial charge in [0.2, 0.25) is 5.91 Å². The van der Waals surface area contributed by atoms with Gasteiger partial charge in [-0.2, -0.15) is 0 Å². The molecule has 0 atom stereocenters. The Morgan fingerprint density at radius 3 is 2.36 bits per heavy atom. The van der Waals surface area contributed by atoms with Crippen LogP contribution in [0.25, 0.3) is 0 Å². The van der Waals surface area contributed by atoms with E-state index >= 15 is 0 Å². The molecule has 0 heterocycles. The van der Waals surface area contributed by atoms with Crippen molar-refractivity contribution in [1.29, 1.82) is 0 Å². The van der Waals surface area contributed by atoms with Crippen LogP contribution in [0.2, 0.25) is 0 Å². The summed E-state index contributed by atoms with van der Waals surface area (Å²) in [5, 5.41) is 10.6. The summed E-state index contributed by atoms with van der Waals surface area (Å²) < 4.78 is 0. The third-order valence-electron chi connectivity index (χ3n) is 2.01. The van der Waals surface area contributed by atoms with E-state index in [0.717, 1.165) is 0 Å². The summed E-state index contributed by atoms with van der Waals surface area (Å²) >= 11 is 0. The summed E-state index contributed by atoms with van der Waals surface area (Å²) in [6, 6.07) is 2.80. The molecule has 0 aliphatic rings. The van der Waals surface area contributed by atoms with Crippen LogP contribution >= 0.6 is 0 Å². The first kappa shape index (κ1) is 10.2. The maximum Gasteiger partial charge on any atom is 0.273 e. The van der Waals surface area contributed by atoms with Crippen molar-refractivity contribution in [3.8, 4) is 0 Å². The fourth-order valence-electron chi connectivity index (χ4n) is 1.30. The first-order valence-electron chi connectivity index (χ1n) is 3.99. The van der Waals surface area contributed by atoms with Gasteiger partial charge >= 0.3 is 0 Å². The number of aryl methyl sites for hydroxylation is 2. The normalized spacial score (nSPS) is 9.86. The van der Waals surface area contributed by atoms with Crippen LogP contribution in [0.15, 0.2) is 12.1 Å². The fraction of sp³-hybridized carbons (Fsp3) is 0.222. The van der Waals surface area contributed by atoms with Gasteiger partial charge in [-0.15, -0.1) is 0 Å².